The molecule has 0 saturated carbocycles. The highest BCUT2D eigenvalue weighted by molar-refractivity contribution is 14.1. The second-order valence-corrected chi connectivity index (χ2v) is 5.09. The Morgan fingerprint density at radius 2 is 2.35 bits per heavy atom. The molecule has 2 aromatic rings. The van der Waals surface area contributed by atoms with Gasteiger partial charge in [0.15, 0.2) is 0 Å². The predicted molar refractivity (Wildman–Crippen MR) is 77.7 cm³/mol. The highest BCUT2D eigenvalue weighted by Crippen LogP contribution is 2.33. The molecule has 0 amide bonds. The van der Waals surface area contributed by atoms with Crippen LogP contribution in [0.1, 0.15) is 0 Å². The fraction of sp³-hybridized carbons (Fsp3) is 0.154. The molecule has 3 rings (SSSR count). The van der Waals surface area contributed by atoms with E-state index >= 15 is 0 Å². The number of para-hydroxylation sites is 1. The quantitative estimate of drug-likeness (QED) is 0.812. The molecule has 4 heteroatoms. The fourth-order valence-corrected chi connectivity index (χ4v) is 2.41. The average Bonchev–Trinajstić information content (AvgIpc) is 2.39. The highest BCUT2D eigenvalue weighted by Gasteiger charge is 2.18. The summed E-state index contributed by atoms with van der Waals surface area (Å²) in [5.41, 5.74) is 2.23. The Labute approximate surface area is 114 Å². The van der Waals surface area contributed by atoms with Gasteiger partial charge in [0.25, 0.3) is 0 Å². The summed E-state index contributed by atoms with van der Waals surface area (Å²) in [6.07, 6.45) is 1.88. The van der Waals surface area contributed by atoms with Crippen LogP contribution in [-0.4, -0.2) is 18.1 Å². The van der Waals surface area contributed by atoms with Crippen molar-refractivity contribution in [3.63, 3.8) is 0 Å². The third kappa shape index (κ3) is 2.09. The molecule has 0 fully saturated rings. The van der Waals surface area contributed by atoms with E-state index < -0.39 is 0 Å². The van der Waals surface area contributed by atoms with Crippen LogP contribution in [0.5, 0.6) is 0 Å². The number of aromatic nitrogens is 1. The minimum Gasteiger partial charge on any atom is -0.367 e. The number of benzene rings is 1. The van der Waals surface area contributed by atoms with Crippen molar-refractivity contribution in [1.82, 2.24) is 4.98 Å². The number of nitrogens with zero attached hydrogens (tertiary/aromatic N) is 2. The molecule has 0 unspecified atom stereocenters. The minimum absolute atomic E-state index is 0.906. The summed E-state index contributed by atoms with van der Waals surface area (Å²) in [7, 11) is 0. The fourth-order valence-electron chi connectivity index (χ4n) is 1.98. The van der Waals surface area contributed by atoms with Gasteiger partial charge >= 0.3 is 0 Å². The Balaban J connectivity index is 2.08. The average molecular weight is 336 g/mol. The molecule has 1 aliphatic heterocycles. The molecule has 1 aliphatic rings. The van der Waals surface area contributed by atoms with Gasteiger partial charge in [0, 0.05) is 34.6 Å². The number of hydrogen-bond acceptors (Lipinski definition) is 3. The molecule has 0 saturated heterocycles. The molecular formula is C13H11IN3. The lowest BCUT2D eigenvalue weighted by molar-refractivity contribution is 0.909. The molecular weight excluding hydrogens is 325 g/mol. The number of rotatable bonds is 1. The lowest BCUT2D eigenvalue weighted by atomic mass is 10.2. The van der Waals surface area contributed by atoms with E-state index in [1.165, 1.54) is 0 Å². The number of nitrogens with one attached hydrogen (secondary N) is 1. The topological polar surface area (TPSA) is 28.2 Å². The molecule has 0 aliphatic carbocycles. The Morgan fingerprint density at radius 3 is 3.18 bits per heavy atom. The summed E-state index contributed by atoms with van der Waals surface area (Å²) in [6, 6.07) is 13.5. The predicted octanol–water partition coefficient (Wildman–Crippen LogP) is 3.05. The van der Waals surface area contributed by atoms with Crippen LogP contribution in [0.4, 0.5) is 17.2 Å². The van der Waals surface area contributed by atoms with Crippen LogP contribution in [0.3, 0.4) is 0 Å². The van der Waals surface area contributed by atoms with Gasteiger partial charge in [0.05, 0.1) is 5.69 Å². The minimum atomic E-state index is 0.906. The number of fused-ring (bicyclic) bond motifs is 1. The summed E-state index contributed by atoms with van der Waals surface area (Å²) >= 11 is 2.29. The van der Waals surface area contributed by atoms with Gasteiger partial charge in [-0.15, -0.1) is 0 Å². The number of hydrogen-bond donors (Lipinski definition) is 1. The van der Waals surface area contributed by atoms with E-state index in [1.807, 2.05) is 24.4 Å². The summed E-state index contributed by atoms with van der Waals surface area (Å²) in [5, 5.41) is 3.32. The van der Waals surface area contributed by atoms with Crippen LogP contribution in [0, 0.1) is 9.64 Å². The van der Waals surface area contributed by atoms with Gasteiger partial charge in [-0.2, -0.15) is 0 Å². The van der Waals surface area contributed by atoms with Gasteiger partial charge in [-0.25, -0.2) is 4.98 Å². The van der Waals surface area contributed by atoms with Gasteiger partial charge in [0.2, 0.25) is 0 Å². The van der Waals surface area contributed by atoms with Crippen LogP contribution >= 0.6 is 22.6 Å². The first kappa shape index (κ1) is 10.8. The van der Waals surface area contributed by atoms with Crippen molar-refractivity contribution >= 4 is 39.8 Å². The van der Waals surface area contributed by atoms with E-state index in [1.54, 1.807) is 0 Å². The molecule has 1 N–H and O–H groups in total. The maximum Gasteiger partial charge on any atom is 0.150 e. The number of anilines is 3. The highest BCUT2D eigenvalue weighted by atomic mass is 127. The lowest BCUT2D eigenvalue weighted by Crippen LogP contribution is -2.30. The second kappa shape index (κ2) is 4.52. The lowest BCUT2D eigenvalue weighted by Gasteiger charge is -2.31. The van der Waals surface area contributed by atoms with Crippen molar-refractivity contribution in [2.24, 2.45) is 0 Å². The van der Waals surface area contributed by atoms with E-state index in [2.05, 4.69) is 56.0 Å². The van der Waals surface area contributed by atoms with E-state index in [0.717, 1.165) is 33.9 Å². The van der Waals surface area contributed by atoms with Gasteiger partial charge in [-0.1, -0.05) is 18.2 Å². The third-order valence-corrected chi connectivity index (χ3v) is 3.33. The maximum absolute atomic E-state index is 4.42. The molecule has 1 radical (unpaired) electrons. The smallest absolute Gasteiger partial charge is 0.150 e. The number of pyridine rings is 1. The van der Waals surface area contributed by atoms with E-state index in [-0.39, 0.29) is 0 Å². The van der Waals surface area contributed by atoms with Crippen molar-refractivity contribution in [2.45, 2.75) is 0 Å². The van der Waals surface area contributed by atoms with Crippen molar-refractivity contribution in [3.8, 4) is 0 Å². The molecule has 1 aromatic carbocycles. The van der Waals surface area contributed by atoms with E-state index in [4.69, 9.17) is 0 Å². The SMILES string of the molecule is Ic1cnc2c(c1)N(c1[c]cccc1)CCN2. The molecule has 1 aromatic heterocycles. The van der Waals surface area contributed by atoms with Crippen molar-refractivity contribution < 1.29 is 0 Å². The van der Waals surface area contributed by atoms with Gasteiger partial charge in [-0.3, -0.25) is 0 Å². The number of halogens is 1. The zero-order valence-corrected chi connectivity index (χ0v) is 11.3. The molecule has 85 valence electrons. The molecule has 0 atom stereocenters. The second-order valence-electron chi connectivity index (χ2n) is 3.85. The molecule has 0 spiro atoms. The Kier molecular flexibility index (Phi) is 2.88. The monoisotopic (exact) mass is 336 g/mol. The zero-order chi connectivity index (χ0) is 11.7. The van der Waals surface area contributed by atoms with Crippen molar-refractivity contribution in [3.05, 3.63) is 46.2 Å². The first-order chi connectivity index (χ1) is 8.34. The Morgan fingerprint density at radius 1 is 1.41 bits per heavy atom. The van der Waals surface area contributed by atoms with Crippen molar-refractivity contribution in [1.29, 1.82) is 0 Å². The van der Waals surface area contributed by atoms with E-state index in [0.29, 0.717) is 0 Å². The first-order valence-electron chi connectivity index (χ1n) is 5.48. The zero-order valence-electron chi connectivity index (χ0n) is 9.15. The maximum atomic E-state index is 4.42. The molecule has 2 heterocycles. The Hall–Kier alpha value is -1.30. The van der Waals surface area contributed by atoms with Crippen LogP contribution in [-0.2, 0) is 0 Å². The summed E-state index contributed by atoms with van der Waals surface area (Å²) in [6.45, 7) is 1.85. The third-order valence-electron chi connectivity index (χ3n) is 2.74. The van der Waals surface area contributed by atoms with Crippen molar-refractivity contribution in [2.75, 3.05) is 23.3 Å². The summed E-state index contributed by atoms with van der Waals surface area (Å²) < 4.78 is 1.14. The molecule has 17 heavy (non-hydrogen) atoms. The summed E-state index contributed by atoms with van der Waals surface area (Å²) in [5.74, 6) is 0.953. The van der Waals surface area contributed by atoms with Crippen LogP contribution in [0.15, 0.2) is 36.5 Å². The Bertz CT molecular complexity index is 527. The first-order valence-corrected chi connectivity index (χ1v) is 6.56. The van der Waals surface area contributed by atoms with E-state index in [9.17, 15) is 0 Å². The standard InChI is InChI=1S/C13H11IN3/c14-10-8-12-13(16-9-10)15-6-7-17(12)11-4-2-1-3-5-11/h1-4,8-9H,6-7H2,(H,15,16). The normalized spacial score (nSPS) is 14.1. The van der Waals surface area contributed by atoms with Crippen LogP contribution in [0.25, 0.3) is 0 Å². The molecule has 0 bridgehead atoms. The van der Waals surface area contributed by atoms with Crippen LogP contribution in [0.2, 0.25) is 0 Å². The largest absolute Gasteiger partial charge is 0.367 e. The van der Waals surface area contributed by atoms with Gasteiger partial charge in [0.1, 0.15) is 5.82 Å². The molecule has 3 nitrogen and oxygen atoms in total. The summed E-state index contributed by atoms with van der Waals surface area (Å²) in [4.78, 5) is 6.67. The van der Waals surface area contributed by atoms with Gasteiger partial charge < -0.3 is 10.2 Å². The van der Waals surface area contributed by atoms with Gasteiger partial charge in [-0.05, 0) is 34.7 Å². The van der Waals surface area contributed by atoms with Crippen LogP contribution < -0.4 is 10.2 Å².